The van der Waals surface area contributed by atoms with Crippen molar-refractivity contribution in [3.63, 3.8) is 0 Å². The minimum absolute atomic E-state index is 0.176. The van der Waals surface area contributed by atoms with Crippen LogP contribution in [0.3, 0.4) is 0 Å². The van der Waals surface area contributed by atoms with E-state index in [0.29, 0.717) is 17.2 Å². The van der Waals surface area contributed by atoms with Crippen LogP contribution in [0.15, 0.2) is 18.2 Å². The summed E-state index contributed by atoms with van der Waals surface area (Å²) >= 11 is 0. The van der Waals surface area contributed by atoms with Crippen molar-refractivity contribution in [2.24, 2.45) is 5.92 Å². The molecule has 0 aliphatic carbocycles. The van der Waals surface area contributed by atoms with Gasteiger partial charge in [-0.05, 0) is 19.1 Å². The van der Waals surface area contributed by atoms with Gasteiger partial charge in [-0.15, -0.1) is 0 Å². The number of amides is 1. The van der Waals surface area contributed by atoms with Crippen molar-refractivity contribution in [1.82, 2.24) is 0 Å². The predicted molar refractivity (Wildman–Crippen MR) is 71.6 cm³/mol. The lowest BCUT2D eigenvalue weighted by molar-refractivity contribution is -0.156. The van der Waals surface area contributed by atoms with Crippen LogP contribution >= 0.6 is 0 Å². The van der Waals surface area contributed by atoms with Crippen molar-refractivity contribution in [2.45, 2.75) is 26.9 Å². The third-order valence-corrected chi connectivity index (χ3v) is 2.77. The first-order valence-corrected chi connectivity index (χ1v) is 6.38. The Balaban J connectivity index is 1.95. The number of rotatable bonds is 4. The second-order valence-electron chi connectivity index (χ2n) is 4.79. The molecule has 1 N–H and O–H groups in total. The average molecular weight is 279 g/mol. The molecule has 1 aliphatic rings. The van der Waals surface area contributed by atoms with Gasteiger partial charge in [0.15, 0.2) is 17.6 Å². The number of hydrogen-bond acceptors (Lipinski definition) is 5. The van der Waals surface area contributed by atoms with E-state index in [1.54, 1.807) is 32.0 Å². The largest absolute Gasteiger partial charge is 0.454 e. The normalized spacial score (nSPS) is 14.0. The molecule has 1 aromatic rings. The summed E-state index contributed by atoms with van der Waals surface area (Å²) in [6.07, 6.45) is -0.852. The van der Waals surface area contributed by atoms with Crippen LogP contribution in [0.2, 0.25) is 0 Å². The molecule has 0 bridgehead atoms. The zero-order valence-corrected chi connectivity index (χ0v) is 11.6. The second-order valence-corrected chi connectivity index (χ2v) is 4.79. The third kappa shape index (κ3) is 3.20. The van der Waals surface area contributed by atoms with Crippen LogP contribution in [-0.2, 0) is 14.3 Å². The molecular formula is C14H17NO5. The summed E-state index contributed by atoms with van der Waals surface area (Å²) < 4.78 is 15.4. The number of fused-ring (bicyclic) bond motifs is 1. The molecule has 1 heterocycles. The van der Waals surface area contributed by atoms with Gasteiger partial charge < -0.3 is 19.5 Å². The zero-order chi connectivity index (χ0) is 14.7. The number of anilines is 1. The van der Waals surface area contributed by atoms with E-state index in [0.717, 1.165) is 0 Å². The van der Waals surface area contributed by atoms with Gasteiger partial charge >= 0.3 is 5.97 Å². The summed E-state index contributed by atoms with van der Waals surface area (Å²) in [7, 11) is 0. The topological polar surface area (TPSA) is 73.9 Å². The molecule has 0 spiro atoms. The predicted octanol–water partition coefficient (Wildman–Crippen LogP) is 1.94. The summed E-state index contributed by atoms with van der Waals surface area (Å²) in [5.74, 6) is 0.156. The number of benzene rings is 1. The number of carbonyl (C=O) groups excluding carboxylic acids is 2. The van der Waals surface area contributed by atoms with Crippen LogP contribution in [0.1, 0.15) is 20.8 Å². The van der Waals surface area contributed by atoms with Crippen LogP contribution in [-0.4, -0.2) is 24.8 Å². The Bertz CT molecular complexity index is 526. The molecule has 0 unspecified atom stereocenters. The molecule has 108 valence electrons. The zero-order valence-electron chi connectivity index (χ0n) is 11.6. The molecule has 20 heavy (non-hydrogen) atoms. The summed E-state index contributed by atoms with van der Waals surface area (Å²) in [4.78, 5) is 23.3. The lowest BCUT2D eigenvalue weighted by Crippen LogP contribution is -2.31. The van der Waals surface area contributed by atoms with Gasteiger partial charge in [0.25, 0.3) is 5.91 Å². The number of hydrogen-bond donors (Lipinski definition) is 1. The molecule has 0 saturated carbocycles. The van der Waals surface area contributed by atoms with E-state index in [4.69, 9.17) is 14.2 Å². The maximum Gasteiger partial charge on any atom is 0.309 e. The number of carbonyl (C=O) groups is 2. The van der Waals surface area contributed by atoms with Crippen LogP contribution in [0, 0.1) is 5.92 Å². The minimum atomic E-state index is -0.852. The molecule has 0 saturated heterocycles. The summed E-state index contributed by atoms with van der Waals surface area (Å²) in [6.45, 7) is 5.13. The monoisotopic (exact) mass is 279 g/mol. The fraction of sp³-hybridized carbons (Fsp3) is 0.429. The van der Waals surface area contributed by atoms with Crippen molar-refractivity contribution in [3.05, 3.63) is 18.2 Å². The highest BCUT2D eigenvalue weighted by molar-refractivity contribution is 5.95. The van der Waals surface area contributed by atoms with Gasteiger partial charge in [0.05, 0.1) is 5.92 Å². The van der Waals surface area contributed by atoms with E-state index >= 15 is 0 Å². The van der Waals surface area contributed by atoms with E-state index in [-0.39, 0.29) is 12.7 Å². The van der Waals surface area contributed by atoms with Crippen molar-refractivity contribution in [3.8, 4) is 11.5 Å². The van der Waals surface area contributed by atoms with Gasteiger partial charge in [0.1, 0.15) is 0 Å². The fourth-order valence-electron chi connectivity index (χ4n) is 1.58. The highest BCUT2D eigenvalue weighted by Gasteiger charge is 2.20. The number of nitrogens with one attached hydrogen (secondary N) is 1. The van der Waals surface area contributed by atoms with Gasteiger partial charge in [-0.25, -0.2) is 0 Å². The van der Waals surface area contributed by atoms with Gasteiger partial charge in [-0.1, -0.05) is 13.8 Å². The van der Waals surface area contributed by atoms with Gasteiger partial charge in [0.2, 0.25) is 6.79 Å². The van der Waals surface area contributed by atoms with Crippen LogP contribution in [0.5, 0.6) is 11.5 Å². The molecule has 1 atom stereocenters. The Labute approximate surface area is 117 Å². The lowest BCUT2D eigenvalue weighted by Gasteiger charge is -2.15. The van der Waals surface area contributed by atoms with Crippen molar-refractivity contribution in [2.75, 3.05) is 12.1 Å². The molecular weight excluding hydrogens is 262 g/mol. The Kier molecular flexibility index (Phi) is 4.12. The quantitative estimate of drug-likeness (QED) is 0.853. The maximum atomic E-state index is 11.9. The molecule has 0 fully saturated rings. The average Bonchev–Trinajstić information content (AvgIpc) is 2.85. The number of esters is 1. The SMILES string of the molecule is CC(C)C(=O)O[C@@H](C)C(=O)Nc1ccc2c(c1)OCO2. The molecule has 6 nitrogen and oxygen atoms in total. The van der Waals surface area contributed by atoms with Gasteiger partial charge in [-0.2, -0.15) is 0 Å². The van der Waals surface area contributed by atoms with Crippen molar-refractivity contribution in [1.29, 1.82) is 0 Å². The Morgan fingerprint density at radius 3 is 2.60 bits per heavy atom. The Morgan fingerprint density at radius 1 is 1.20 bits per heavy atom. The highest BCUT2D eigenvalue weighted by Crippen LogP contribution is 2.34. The molecule has 2 rings (SSSR count). The third-order valence-electron chi connectivity index (χ3n) is 2.77. The Morgan fingerprint density at radius 2 is 1.90 bits per heavy atom. The van der Waals surface area contributed by atoms with E-state index in [9.17, 15) is 9.59 Å². The van der Waals surface area contributed by atoms with Crippen molar-refractivity contribution >= 4 is 17.6 Å². The fourth-order valence-corrected chi connectivity index (χ4v) is 1.58. The van der Waals surface area contributed by atoms with E-state index in [1.807, 2.05) is 0 Å². The molecule has 0 radical (unpaired) electrons. The summed E-state index contributed by atoms with van der Waals surface area (Å²) in [6, 6.07) is 5.07. The maximum absolute atomic E-state index is 11.9. The van der Waals surface area contributed by atoms with Crippen LogP contribution in [0.25, 0.3) is 0 Å². The first kappa shape index (κ1) is 14.2. The Hall–Kier alpha value is -2.24. The van der Waals surface area contributed by atoms with Gasteiger partial charge in [-0.3, -0.25) is 9.59 Å². The van der Waals surface area contributed by atoms with E-state index < -0.39 is 18.0 Å². The minimum Gasteiger partial charge on any atom is -0.454 e. The first-order valence-electron chi connectivity index (χ1n) is 6.38. The smallest absolute Gasteiger partial charge is 0.309 e. The van der Waals surface area contributed by atoms with E-state index in [2.05, 4.69) is 5.32 Å². The van der Waals surface area contributed by atoms with Crippen LogP contribution in [0.4, 0.5) is 5.69 Å². The van der Waals surface area contributed by atoms with Gasteiger partial charge in [0, 0.05) is 11.8 Å². The highest BCUT2D eigenvalue weighted by atomic mass is 16.7. The van der Waals surface area contributed by atoms with E-state index in [1.165, 1.54) is 6.92 Å². The van der Waals surface area contributed by atoms with Crippen LogP contribution < -0.4 is 14.8 Å². The number of ether oxygens (including phenoxy) is 3. The second kappa shape index (κ2) is 5.81. The molecule has 1 aromatic carbocycles. The molecule has 6 heteroatoms. The standard InChI is InChI=1S/C14H17NO5/c1-8(2)14(17)20-9(3)13(16)15-10-4-5-11-12(6-10)19-7-18-11/h4-6,8-9H,7H2,1-3H3,(H,15,16)/t9-/m0/s1. The molecule has 0 aromatic heterocycles. The molecule has 1 amide bonds. The first-order chi connectivity index (χ1) is 9.47. The lowest BCUT2D eigenvalue weighted by atomic mass is 10.2. The van der Waals surface area contributed by atoms with Crippen molar-refractivity contribution < 1.29 is 23.8 Å². The summed E-state index contributed by atoms with van der Waals surface area (Å²) in [5.41, 5.74) is 0.562. The molecule has 1 aliphatic heterocycles. The summed E-state index contributed by atoms with van der Waals surface area (Å²) in [5, 5.41) is 2.66.